The van der Waals surface area contributed by atoms with Crippen LogP contribution in [0.5, 0.6) is 0 Å². The van der Waals surface area contributed by atoms with Crippen molar-refractivity contribution in [2.24, 2.45) is 7.05 Å². The number of nitriles is 1. The molecule has 0 unspecified atom stereocenters. The third-order valence-corrected chi connectivity index (χ3v) is 2.68. The first-order valence-electron chi connectivity index (χ1n) is 5.58. The van der Waals surface area contributed by atoms with Crippen molar-refractivity contribution in [1.29, 1.82) is 5.26 Å². The Morgan fingerprint density at radius 2 is 2.35 bits per heavy atom. The van der Waals surface area contributed by atoms with Gasteiger partial charge in [-0.15, -0.1) is 0 Å². The Bertz CT molecular complexity index is 430. The van der Waals surface area contributed by atoms with Gasteiger partial charge in [-0.25, -0.2) is 0 Å². The first kappa shape index (κ1) is 13.3. The molecule has 0 aliphatic rings. The molecular weight excluding hydrogens is 216 g/mol. The van der Waals surface area contributed by atoms with Gasteiger partial charge in [0.15, 0.2) is 0 Å². The van der Waals surface area contributed by atoms with Gasteiger partial charge in [-0.05, 0) is 18.6 Å². The van der Waals surface area contributed by atoms with Gasteiger partial charge in [0, 0.05) is 33.4 Å². The Kier molecular flexibility index (Phi) is 4.73. The first-order chi connectivity index (χ1) is 8.08. The van der Waals surface area contributed by atoms with Crippen LogP contribution < -0.4 is 5.32 Å². The van der Waals surface area contributed by atoms with E-state index in [1.807, 2.05) is 26.2 Å². The zero-order valence-electron chi connectivity index (χ0n) is 10.5. The van der Waals surface area contributed by atoms with Gasteiger partial charge in [0.1, 0.15) is 11.8 Å². The predicted octanol–water partition coefficient (Wildman–Crippen LogP) is 0.465. The molecule has 5 nitrogen and oxygen atoms in total. The number of nitrogens with zero attached hydrogens (tertiary/aromatic N) is 3. The topological polar surface area (TPSA) is 61.1 Å². The van der Waals surface area contributed by atoms with Crippen molar-refractivity contribution in [3.63, 3.8) is 0 Å². The summed E-state index contributed by atoms with van der Waals surface area (Å²) in [7, 11) is 3.61. The van der Waals surface area contributed by atoms with Crippen LogP contribution in [0.1, 0.15) is 18.2 Å². The van der Waals surface area contributed by atoms with E-state index in [1.165, 1.54) is 0 Å². The van der Waals surface area contributed by atoms with Crippen LogP contribution in [0.3, 0.4) is 0 Å². The zero-order chi connectivity index (χ0) is 12.8. The van der Waals surface area contributed by atoms with Gasteiger partial charge in [-0.1, -0.05) is 0 Å². The molecule has 1 rings (SSSR count). The number of amides is 1. The minimum atomic E-state index is 0.0731. The van der Waals surface area contributed by atoms with Gasteiger partial charge < -0.3 is 14.8 Å². The van der Waals surface area contributed by atoms with E-state index in [1.54, 1.807) is 16.5 Å². The van der Waals surface area contributed by atoms with Crippen molar-refractivity contribution in [2.75, 3.05) is 20.1 Å². The van der Waals surface area contributed by atoms with E-state index in [2.05, 4.69) is 11.4 Å². The summed E-state index contributed by atoms with van der Waals surface area (Å²) in [6, 6.07) is 3.92. The summed E-state index contributed by atoms with van der Waals surface area (Å²) in [5.41, 5.74) is 1.63. The molecular formula is C12H18N4O. The highest BCUT2D eigenvalue weighted by molar-refractivity contribution is 5.77. The van der Waals surface area contributed by atoms with E-state index in [4.69, 9.17) is 5.26 Å². The fourth-order valence-corrected chi connectivity index (χ4v) is 1.47. The fourth-order valence-electron chi connectivity index (χ4n) is 1.47. The molecule has 17 heavy (non-hydrogen) atoms. The molecule has 0 saturated heterocycles. The monoisotopic (exact) mass is 234 g/mol. The lowest BCUT2D eigenvalue weighted by Crippen LogP contribution is -2.35. The van der Waals surface area contributed by atoms with Crippen LogP contribution >= 0.6 is 0 Å². The molecule has 0 saturated carbocycles. The van der Waals surface area contributed by atoms with Gasteiger partial charge in [-0.3, -0.25) is 4.79 Å². The molecule has 0 aliphatic heterocycles. The SMILES string of the molecule is CCN(C)C(=O)CNCc1cc(C#N)n(C)c1. The molecule has 0 aromatic carbocycles. The summed E-state index contributed by atoms with van der Waals surface area (Å²) >= 11 is 0. The number of nitrogens with one attached hydrogen (secondary N) is 1. The Balaban J connectivity index is 2.41. The molecule has 0 radical (unpaired) electrons. The maximum atomic E-state index is 11.5. The average molecular weight is 234 g/mol. The summed E-state index contributed by atoms with van der Waals surface area (Å²) in [5.74, 6) is 0.0731. The number of hydrogen-bond acceptors (Lipinski definition) is 3. The molecule has 5 heteroatoms. The lowest BCUT2D eigenvalue weighted by Gasteiger charge is -2.14. The molecule has 1 amide bonds. The van der Waals surface area contributed by atoms with Crippen molar-refractivity contribution in [2.45, 2.75) is 13.5 Å². The molecule has 1 N–H and O–H groups in total. The van der Waals surface area contributed by atoms with Crippen LogP contribution in [0, 0.1) is 11.3 Å². The van der Waals surface area contributed by atoms with E-state index in [-0.39, 0.29) is 5.91 Å². The van der Waals surface area contributed by atoms with E-state index in [0.29, 0.717) is 25.3 Å². The highest BCUT2D eigenvalue weighted by Gasteiger charge is 2.06. The third kappa shape index (κ3) is 3.61. The molecule has 0 bridgehead atoms. The van der Waals surface area contributed by atoms with E-state index in [9.17, 15) is 4.79 Å². The van der Waals surface area contributed by atoms with Crippen molar-refractivity contribution >= 4 is 5.91 Å². The Morgan fingerprint density at radius 3 is 2.88 bits per heavy atom. The largest absolute Gasteiger partial charge is 0.345 e. The second-order valence-corrected chi connectivity index (χ2v) is 3.97. The second-order valence-electron chi connectivity index (χ2n) is 3.97. The molecule has 1 aromatic heterocycles. The quantitative estimate of drug-likeness (QED) is 0.805. The maximum Gasteiger partial charge on any atom is 0.236 e. The van der Waals surface area contributed by atoms with E-state index < -0.39 is 0 Å². The Hall–Kier alpha value is -1.80. The summed E-state index contributed by atoms with van der Waals surface area (Å²) in [6.45, 7) is 3.57. The summed E-state index contributed by atoms with van der Waals surface area (Å²) < 4.78 is 1.77. The summed E-state index contributed by atoms with van der Waals surface area (Å²) in [5, 5.41) is 11.9. The number of hydrogen-bond donors (Lipinski definition) is 1. The van der Waals surface area contributed by atoms with Crippen LogP contribution in [0.4, 0.5) is 0 Å². The lowest BCUT2D eigenvalue weighted by molar-refractivity contribution is -0.128. The van der Waals surface area contributed by atoms with Crippen molar-refractivity contribution in [3.8, 4) is 6.07 Å². The predicted molar refractivity (Wildman–Crippen MR) is 65.1 cm³/mol. The molecule has 1 aromatic rings. The maximum absolute atomic E-state index is 11.5. The first-order valence-corrected chi connectivity index (χ1v) is 5.58. The smallest absolute Gasteiger partial charge is 0.236 e. The molecule has 0 atom stereocenters. The van der Waals surface area contributed by atoms with Crippen LogP contribution in [-0.2, 0) is 18.4 Å². The van der Waals surface area contributed by atoms with Gasteiger partial charge in [-0.2, -0.15) is 5.26 Å². The third-order valence-electron chi connectivity index (χ3n) is 2.68. The molecule has 1 heterocycles. The lowest BCUT2D eigenvalue weighted by atomic mass is 10.3. The van der Waals surface area contributed by atoms with Gasteiger partial charge >= 0.3 is 0 Å². The number of aryl methyl sites for hydroxylation is 1. The van der Waals surface area contributed by atoms with Crippen molar-refractivity contribution < 1.29 is 4.79 Å². The minimum Gasteiger partial charge on any atom is -0.345 e. The Labute approximate surface area is 102 Å². The Morgan fingerprint density at radius 1 is 1.65 bits per heavy atom. The van der Waals surface area contributed by atoms with Gasteiger partial charge in [0.2, 0.25) is 5.91 Å². The summed E-state index contributed by atoms with van der Waals surface area (Å²) in [4.78, 5) is 13.2. The van der Waals surface area contributed by atoms with Crippen molar-refractivity contribution in [1.82, 2.24) is 14.8 Å². The van der Waals surface area contributed by atoms with Crippen LogP contribution in [-0.4, -0.2) is 35.5 Å². The number of carbonyl (C=O) groups is 1. The van der Waals surface area contributed by atoms with Gasteiger partial charge in [0.05, 0.1) is 6.54 Å². The van der Waals surface area contributed by atoms with Gasteiger partial charge in [0.25, 0.3) is 0 Å². The standard InChI is InChI=1S/C12H18N4O/c1-4-15(2)12(17)8-14-7-10-5-11(6-13)16(3)9-10/h5,9,14H,4,7-8H2,1-3H3. The van der Waals surface area contributed by atoms with Crippen LogP contribution in [0.15, 0.2) is 12.3 Å². The number of aromatic nitrogens is 1. The normalized spacial score (nSPS) is 10.0. The molecule has 0 spiro atoms. The van der Waals surface area contributed by atoms with E-state index >= 15 is 0 Å². The average Bonchev–Trinajstić information content (AvgIpc) is 2.68. The van der Waals surface area contributed by atoms with Crippen LogP contribution in [0.25, 0.3) is 0 Å². The van der Waals surface area contributed by atoms with E-state index in [0.717, 1.165) is 5.56 Å². The highest BCUT2D eigenvalue weighted by Crippen LogP contribution is 2.05. The fraction of sp³-hybridized carbons (Fsp3) is 0.500. The van der Waals surface area contributed by atoms with Crippen molar-refractivity contribution in [3.05, 3.63) is 23.5 Å². The zero-order valence-corrected chi connectivity index (χ0v) is 10.5. The number of rotatable bonds is 5. The number of carbonyl (C=O) groups excluding carboxylic acids is 1. The minimum absolute atomic E-state index is 0.0731. The summed E-state index contributed by atoms with van der Waals surface area (Å²) in [6.07, 6.45) is 1.89. The molecule has 0 fully saturated rings. The number of likely N-dealkylation sites (N-methyl/N-ethyl adjacent to an activating group) is 1. The second kappa shape index (κ2) is 6.06. The highest BCUT2D eigenvalue weighted by atomic mass is 16.2. The molecule has 92 valence electrons. The van der Waals surface area contributed by atoms with Crippen LogP contribution in [0.2, 0.25) is 0 Å². The molecule has 0 aliphatic carbocycles.